The van der Waals surface area contributed by atoms with Crippen LogP contribution in [-0.2, 0) is 9.47 Å². The Bertz CT molecular complexity index is 1110. The molecule has 11 heteroatoms. The molecule has 0 spiro atoms. The van der Waals surface area contributed by atoms with Crippen molar-refractivity contribution < 1.29 is 41.2 Å². The molecular formula is C22H18F4N2O5. The fourth-order valence-electron chi connectivity index (χ4n) is 2.69. The highest BCUT2D eigenvalue weighted by atomic mass is 19.3. The van der Waals surface area contributed by atoms with Crippen LogP contribution >= 0.6 is 0 Å². The van der Waals surface area contributed by atoms with E-state index >= 15 is 0 Å². The average Bonchev–Trinajstić information content (AvgIpc) is 2.79. The molecule has 7 nitrogen and oxygen atoms in total. The summed E-state index contributed by atoms with van der Waals surface area (Å²) in [6.45, 7) is -7.10. The number of halogens is 4. The Morgan fingerprint density at radius 2 is 1.52 bits per heavy atom. The van der Waals surface area contributed by atoms with Crippen molar-refractivity contribution in [2.24, 2.45) is 0 Å². The Morgan fingerprint density at radius 1 is 0.848 bits per heavy atom. The van der Waals surface area contributed by atoms with E-state index in [4.69, 9.17) is 20.6 Å². The fraction of sp³-hybridized carbons (Fsp3) is 0.273. The van der Waals surface area contributed by atoms with Crippen molar-refractivity contribution in [2.75, 3.05) is 26.4 Å². The SMILES string of the molecule is C#Cc1cccc(Oc2ncnc3cc(OCCOC(F)F)c(OCCOC(F)F)cc23)c1. The van der Waals surface area contributed by atoms with Gasteiger partial charge < -0.3 is 23.7 Å². The van der Waals surface area contributed by atoms with Crippen LogP contribution in [0, 0.1) is 12.3 Å². The van der Waals surface area contributed by atoms with E-state index in [2.05, 4.69) is 25.4 Å². The summed E-state index contributed by atoms with van der Waals surface area (Å²) in [5.41, 5.74) is 1.00. The summed E-state index contributed by atoms with van der Waals surface area (Å²) >= 11 is 0. The molecule has 0 amide bonds. The molecule has 0 atom stereocenters. The van der Waals surface area contributed by atoms with E-state index < -0.39 is 19.8 Å². The number of alkyl halides is 4. The number of benzene rings is 2. The summed E-state index contributed by atoms with van der Waals surface area (Å²) in [5.74, 6) is 3.37. The van der Waals surface area contributed by atoms with Gasteiger partial charge in [-0.05, 0) is 24.3 Å². The maximum Gasteiger partial charge on any atom is 0.345 e. The molecule has 2 aromatic carbocycles. The van der Waals surface area contributed by atoms with Crippen LogP contribution in [0.3, 0.4) is 0 Å². The number of fused-ring (bicyclic) bond motifs is 1. The number of nitrogens with zero attached hydrogens (tertiary/aromatic N) is 2. The zero-order chi connectivity index (χ0) is 23.6. The predicted molar refractivity (Wildman–Crippen MR) is 109 cm³/mol. The number of hydrogen-bond acceptors (Lipinski definition) is 7. The molecule has 0 saturated heterocycles. The van der Waals surface area contributed by atoms with Crippen molar-refractivity contribution in [3.8, 4) is 35.5 Å². The summed E-state index contributed by atoms with van der Waals surface area (Å²) in [6.07, 6.45) is 6.68. The van der Waals surface area contributed by atoms with E-state index in [1.165, 1.54) is 18.5 Å². The van der Waals surface area contributed by atoms with E-state index in [0.717, 1.165) is 0 Å². The van der Waals surface area contributed by atoms with Crippen LogP contribution in [0.25, 0.3) is 10.9 Å². The third-order valence-corrected chi connectivity index (χ3v) is 4.05. The number of aromatic nitrogens is 2. The van der Waals surface area contributed by atoms with Crippen LogP contribution in [0.15, 0.2) is 42.7 Å². The lowest BCUT2D eigenvalue weighted by Crippen LogP contribution is -2.12. The first kappa shape index (κ1) is 24.0. The van der Waals surface area contributed by atoms with Gasteiger partial charge in [0.1, 0.15) is 25.3 Å². The molecule has 0 saturated carbocycles. The lowest BCUT2D eigenvalue weighted by molar-refractivity contribution is -0.134. The lowest BCUT2D eigenvalue weighted by atomic mass is 10.2. The largest absolute Gasteiger partial charge is 0.487 e. The normalized spacial score (nSPS) is 11.1. The zero-order valence-corrected chi connectivity index (χ0v) is 17.0. The van der Waals surface area contributed by atoms with Crippen LogP contribution in [0.4, 0.5) is 17.6 Å². The van der Waals surface area contributed by atoms with Gasteiger partial charge in [-0.25, -0.2) is 9.97 Å². The molecule has 174 valence electrons. The Morgan fingerprint density at radius 3 is 2.15 bits per heavy atom. The van der Waals surface area contributed by atoms with Crippen LogP contribution in [-0.4, -0.2) is 49.6 Å². The first-order valence-electron chi connectivity index (χ1n) is 9.54. The van der Waals surface area contributed by atoms with Crippen LogP contribution in [0.5, 0.6) is 23.1 Å². The van der Waals surface area contributed by atoms with Gasteiger partial charge in [0.15, 0.2) is 11.5 Å². The van der Waals surface area contributed by atoms with Crippen molar-refractivity contribution in [1.82, 2.24) is 9.97 Å². The van der Waals surface area contributed by atoms with E-state index in [1.807, 2.05) is 0 Å². The van der Waals surface area contributed by atoms with Gasteiger partial charge in [-0.15, -0.1) is 6.42 Å². The molecule has 0 bridgehead atoms. The summed E-state index contributed by atoms with van der Waals surface area (Å²) in [4.78, 5) is 8.30. The average molecular weight is 466 g/mol. The Labute approximate surface area is 186 Å². The molecule has 1 heterocycles. The van der Waals surface area contributed by atoms with Crippen molar-refractivity contribution in [3.63, 3.8) is 0 Å². The minimum absolute atomic E-state index is 0.120. The first-order chi connectivity index (χ1) is 16.0. The first-order valence-corrected chi connectivity index (χ1v) is 9.54. The molecular weight excluding hydrogens is 448 g/mol. The topological polar surface area (TPSA) is 71.9 Å². The van der Waals surface area contributed by atoms with Crippen molar-refractivity contribution >= 4 is 10.9 Å². The van der Waals surface area contributed by atoms with Crippen LogP contribution in [0.2, 0.25) is 0 Å². The summed E-state index contributed by atoms with van der Waals surface area (Å²) in [7, 11) is 0. The maximum absolute atomic E-state index is 12.2. The molecule has 0 N–H and O–H groups in total. The van der Waals surface area contributed by atoms with Gasteiger partial charge in [0.25, 0.3) is 0 Å². The van der Waals surface area contributed by atoms with Gasteiger partial charge in [-0.3, -0.25) is 0 Å². The standard InChI is InChI=1S/C22H18F4N2O5/c1-2-14-4-3-5-15(10-14)33-20-16-11-18(29-6-8-31-21(23)24)19(12-17(16)27-13-28-20)30-7-9-32-22(25)26/h1,3-5,10-13,21-22H,6-9H2. The van der Waals surface area contributed by atoms with E-state index in [0.29, 0.717) is 22.2 Å². The predicted octanol–water partition coefficient (Wildman–Crippen LogP) is 4.64. The molecule has 0 aliphatic rings. The minimum Gasteiger partial charge on any atom is -0.487 e. The van der Waals surface area contributed by atoms with Gasteiger partial charge in [-0.2, -0.15) is 17.6 Å². The second kappa shape index (κ2) is 11.8. The molecule has 3 aromatic rings. The lowest BCUT2D eigenvalue weighted by Gasteiger charge is -2.15. The summed E-state index contributed by atoms with van der Waals surface area (Å²) in [5, 5.41) is 0.421. The third-order valence-electron chi connectivity index (χ3n) is 4.05. The highest BCUT2D eigenvalue weighted by molar-refractivity contribution is 5.87. The molecule has 0 fully saturated rings. The smallest absolute Gasteiger partial charge is 0.345 e. The second-order valence-corrected chi connectivity index (χ2v) is 6.23. The highest BCUT2D eigenvalue weighted by Gasteiger charge is 2.15. The van der Waals surface area contributed by atoms with Gasteiger partial charge in [0.2, 0.25) is 5.88 Å². The molecule has 0 unspecified atom stereocenters. The molecule has 1 aromatic heterocycles. The number of hydrogen-bond donors (Lipinski definition) is 0. The Hall–Kier alpha value is -3.62. The zero-order valence-electron chi connectivity index (χ0n) is 17.0. The second-order valence-electron chi connectivity index (χ2n) is 6.23. The molecule has 0 radical (unpaired) electrons. The number of rotatable bonds is 12. The van der Waals surface area contributed by atoms with Crippen molar-refractivity contribution in [3.05, 3.63) is 48.3 Å². The van der Waals surface area contributed by atoms with Gasteiger partial charge in [-0.1, -0.05) is 12.0 Å². The van der Waals surface area contributed by atoms with Gasteiger partial charge in [0, 0.05) is 11.6 Å². The third kappa shape index (κ3) is 7.20. The van der Waals surface area contributed by atoms with Gasteiger partial charge >= 0.3 is 13.2 Å². The van der Waals surface area contributed by atoms with Gasteiger partial charge in [0.05, 0.1) is 24.1 Å². The highest BCUT2D eigenvalue weighted by Crippen LogP contribution is 2.36. The fourth-order valence-corrected chi connectivity index (χ4v) is 2.69. The Balaban J connectivity index is 1.87. The summed E-state index contributed by atoms with van der Waals surface area (Å²) in [6, 6.07) is 9.76. The molecule has 0 aliphatic carbocycles. The summed E-state index contributed by atoms with van der Waals surface area (Å²) < 4.78 is 73.9. The number of ether oxygens (including phenoxy) is 5. The van der Waals surface area contributed by atoms with Crippen LogP contribution in [0.1, 0.15) is 5.56 Å². The molecule has 33 heavy (non-hydrogen) atoms. The monoisotopic (exact) mass is 466 g/mol. The van der Waals surface area contributed by atoms with Crippen molar-refractivity contribution in [2.45, 2.75) is 13.2 Å². The van der Waals surface area contributed by atoms with Crippen LogP contribution < -0.4 is 14.2 Å². The van der Waals surface area contributed by atoms with E-state index in [9.17, 15) is 17.6 Å². The van der Waals surface area contributed by atoms with E-state index in [-0.39, 0.29) is 37.2 Å². The molecule has 3 rings (SSSR count). The quantitative estimate of drug-likeness (QED) is 0.219. The number of terminal acetylenes is 1. The molecule has 0 aliphatic heterocycles. The Kier molecular flexibility index (Phi) is 8.63. The van der Waals surface area contributed by atoms with E-state index in [1.54, 1.807) is 24.3 Å². The minimum atomic E-state index is -2.94. The van der Waals surface area contributed by atoms with Crippen molar-refractivity contribution in [1.29, 1.82) is 0 Å². The maximum atomic E-state index is 12.2.